The van der Waals surface area contributed by atoms with Crippen molar-refractivity contribution in [1.29, 1.82) is 0 Å². The number of esters is 1. The number of aromatic nitrogens is 3. The molecule has 24 heavy (non-hydrogen) atoms. The van der Waals surface area contributed by atoms with Crippen LogP contribution in [0.15, 0.2) is 35.0 Å². The quantitative estimate of drug-likeness (QED) is 0.684. The van der Waals surface area contributed by atoms with Gasteiger partial charge in [-0.05, 0) is 39.0 Å². The van der Waals surface area contributed by atoms with Gasteiger partial charge >= 0.3 is 5.97 Å². The fourth-order valence-corrected chi connectivity index (χ4v) is 2.37. The smallest absolute Gasteiger partial charge is 0.373 e. The molecule has 3 aromatic rings. The van der Waals surface area contributed by atoms with Crippen molar-refractivity contribution >= 4 is 16.9 Å². The second-order valence-corrected chi connectivity index (χ2v) is 6.35. The molecule has 0 amide bonds. The Bertz CT molecular complexity index is 873. The van der Waals surface area contributed by atoms with E-state index in [0.29, 0.717) is 11.3 Å². The first-order valence-electron chi connectivity index (χ1n) is 7.52. The molecular weight excluding hydrogens is 310 g/mol. The fourth-order valence-electron chi connectivity index (χ4n) is 2.37. The van der Waals surface area contributed by atoms with Crippen LogP contribution in [0, 0.1) is 0 Å². The Labute approximate surface area is 139 Å². The number of methoxy groups -OCH3 is 1. The summed E-state index contributed by atoms with van der Waals surface area (Å²) in [5.41, 5.74) is 0.389. The van der Waals surface area contributed by atoms with Gasteiger partial charge in [0.2, 0.25) is 5.76 Å². The second kappa shape index (κ2) is 5.99. The standard InChI is InChI=1S/C17H19N3O4/c1-17(2,3)20-15(18-10-19-20)9-23-12-6-5-11-7-14(16(21)22-4)24-13(11)8-12/h5-8,10H,9H2,1-4H3. The lowest BCUT2D eigenvalue weighted by atomic mass is 10.1. The minimum Gasteiger partial charge on any atom is -0.485 e. The van der Waals surface area contributed by atoms with Crippen LogP contribution in [-0.4, -0.2) is 27.8 Å². The van der Waals surface area contributed by atoms with Gasteiger partial charge in [-0.2, -0.15) is 5.10 Å². The number of benzene rings is 1. The molecule has 0 fully saturated rings. The van der Waals surface area contributed by atoms with Gasteiger partial charge in [0, 0.05) is 11.5 Å². The zero-order chi connectivity index (χ0) is 17.3. The molecule has 7 heteroatoms. The van der Waals surface area contributed by atoms with E-state index in [1.54, 1.807) is 12.1 Å². The molecule has 2 aromatic heterocycles. The predicted octanol–water partition coefficient (Wildman–Crippen LogP) is 3.14. The molecule has 7 nitrogen and oxygen atoms in total. The Kier molecular flexibility index (Phi) is 4.01. The van der Waals surface area contributed by atoms with E-state index >= 15 is 0 Å². The van der Waals surface area contributed by atoms with E-state index in [2.05, 4.69) is 35.6 Å². The minimum atomic E-state index is -0.507. The molecule has 1 aromatic carbocycles. The van der Waals surface area contributed by atoms with Crippen molar-refractivity contribution in [2.45, 2.75) is 32.9 Å². The van der Waals surface area contributed by atoms with E-state index in [1.165, 1.54) is 13.4 Å². The first-order valence-corrected chi connectivity index (χ1v) is 7.52. The van der Waals surface area contributed by atoms with Gasteiger partial charge in [-0.3, -0.25) is 0 Å². The molecular formula is C17H19N3O4. The van der Waals surface area contributed by atoms with Crippen molar-refractivity contribution in [2.75, 3.05) is 7.11 Å². The highest BCUT2D eigenvalue weighted by Crippen LogP contribution is 2.25. The summed E-state index contributed by atoms with van der Waals surface area (Å²) < 4.78 is 17.8. The van der Waals surface area contributed by atoms with Crippen LogP contribution in [0.1, 0.15) is 37.2 Å². The normalized spacial score (nSPS) is 11.7. The molecule has 0 unspecified atom stereocenters. The molecule has 0 aliphatic carbocycles. The number of nitrogens with zero attached hydrogens (tertiary/aromatic N) is 3. The molecule has 2 heterocycles. The van der Waals surface area contributed by atoms with Crippen LogP contribution in [-0.2, 0) is 16.9 Å². The molecule has 3 rings (SSSR count). The van der Waals surface area contributed by atoms with Crippen LogP contribution in [0.3, 0.4) is 0 Å². The van der Waals surface area contributed by atoms with E-state index in [0.717, 1.165) is 11.2 Å². The molecule has 0 bridgehead atoms. The van der Waals surface area contributed by atoms with Gasteiger partial charge in [-0.15, -0.1) is 0 Å². The summed E-state index contributed by atoms with van der Waals surface area (Å²) in [5, 5.41) is 5.04. The largest absolute Gasteiger partial charge is 0.485 e. The Hall–Kier alpha value is -2.83. The van der Waals surface area contributed by atoms with Crippen molar-refractivity contribution in [3.05, 3.63) is 42.2 Å². The summed E-state index contributed by atoms with van der Waals surface area (Å²) in [7, 11) is 1.31. The molecule has 0 spiro atoms. The summed E-state index contributed by atoms with van der Waals surface area (Å²) in [6, 6.07) is 7.02. The van der Waals surface area contributed by atoms with Crippen LogP contribution >= 0.6 is 0 Å². The van der Waals surface area contributed by atoms with Crippen LogP contribution in [0.25, 0.3) is 11.0 Å². The van der Waals surface area contributed by atoms with Gasteiger partial charge < -0.3 is 13.9 Å². The van der Waals surface area contributed by atoms with E-state index in [1.807, 2.05) is 16.8 Å². The van der Waals surface area contributed by atoms with E-state index in [4.69, 9.17) is 9.15 Å². The van der Waals surface area contributed by atoms with E-state index < -0.39 is 5.97 Å². The van der Waals surface area contributed by atoms with Crippen LogP contribution in [0.2, 0.25) is 0 Å². The number of ether oxygens (including phenoxy) is 2. The van der Waals surface area contributed by atoms with Gasteiger partial charge in [0.15, 0.2) is 5.82 Å². The van der Waals surface area contributed by atoms with Gasteiger partial charge in [0.1, 0.15) is 24.3 Å². The van der Waals surface area contributed by atoms with Gasteiger partial charge in [0.05, 0.1) is 12.6 Å². The fraction of sp³-hybridized carbons (Fsp3) is 0.353. The van der Waals surface area contributed by atoms with Crippen molar-refractivity contribution in [2.24, 2.45) is 0 Å². The number of hydrogen-bond donors (Lipinski definition) is 0. The summed E-state index contributed by atoms with van der Waals surface area (Å²) >= 11 is 0. The van der Waals surface area contributed by atoms with Crippen molar-refractivity contribution < 1.29 is 18.7 Å². The molecule has 0 saturated carbocycles. The average molecular weight is 329 g/mol. The monoisotopic (exact) mass is 329 g/mol. The Balaban J connectivity index is 1.79. The maximum absolute atomic E-state index is 11.5. The van der Waals surface area contributed by atoms with Gasteiger partial charge in [-0.25, -0.2) is 14.5 Å². The SMILES string of the molecule is COC(=O)c1cc2ccc(OCc3ncnn3C(C)(C)C)cc2o1. The predicted molar refractivity (Wildman–Crippen MR) is 86.9 cm³/mol. The number of furan rings is 1. The molecule has 0 atom stereocenters. The first kappa shape index (κ1) is 16.0. The number of hydrogen-bond acceptors (Lipinski definition) is 6. The van der Waals surface area contributed by atoms with Crippen LogP contribution in [0.5, 0.6) is 5.75 Å². The summed E-state index contributed by atoms with van der Waals surface area (Å²) in [4.78, 5) is 15.8. The molecule has 0 N–H and O–H groups in total. The third-order valence-corrected chi connectivity index (χ3v) is 3.50. The average Bonchev–Trinajstić information content (AvgIpc) is 3.17. The highest BCUT2D eigenvalue weighted by molar-refractivity contribution is 5.92. The van der Waals surface area contributed by atoms with Crippen molar-refractivity contribution in [3.8, 4) is 5.75 Å². The summed E-state index contributed by atoms with van der Waals surface area (Å²) in [5.74, 6) is 1.01. The number of carbonyl (C=O) groups excluding carboxylic acids is 1. The zero-order valence-electron chi connectivity index (χ0n) is 14.1. The molecule has 0 aliphatic heterocycles. The highest BCUT2D eigenvalue weighted by Gasteiger charge is 2.19. The Morgan fingerprint density at radius 3 is 2.79 bits per heavy atom. The van der Waals surface area contributed by atoms with Gasteiger partial charge in [0.25, 0.3) is 0 Å². The topological polar surface area (TPSA) is 79.4 Å². The second-order valence-electron chi connectivity index (χ2n) is 6.35. The molecule has 126 valence electrons. The van der Waals surface area contributed by atoms with E-state index in [9.17, 15) is 4.79 Å². The molecule has 0 aliphatic rings. The Morgan fingerprint density at radius 1 is 1.29 bits per heavy atom. The third kappa shape index (κ3) is 3.10. The first-order chi connectivity index (χ1) is 11.4. The number of rotatable bonds is 4. The molecule has 0 radical (unpaired) electrons. The summed E-state index contributed by atoms with van der Waals surface area (Å²) in [6.45, 7) is 6.44. The van der Waals surface area contributed by atoms with Gasteiger partial charge in [-0.1, -0.05) is 0 Å². The zero-order valence-corrected chi connectivity index (χ0v) is 14.1. The van der Waals surface area contributed by atoms with Crippen molar-refractivity contribution in [1.82, 2.24) is 14.8 Å². The van der Waals surface area contributed by atoms with Crippen LogP contribution in [0.4, 0.5) is 0 Å². The maximum Gasteiger partial charge on any atom is 0.373 e. The maximum atomic E-state index is 11.5. The number of carbonyl (C=O) groups is 1. The van der Waals surface area contributed by atoms with Crippen LogP contribution < -0.4 is 4.74 Å². The minimum absolute atomic E-state index is 0.164. The highest BCUT2D eigenvalue weighted by atomic mass is 16.5. The third-order valence-electron chi connectivity index (χ3n) is 3.50. The Morgan fingerprint density at radius 2 is 2.08 bits per heavy atom. The lowest BCUT2D eigenvalue weighted by molar-refractivity contribution is 0.0567. The summed E-state index contributed by atoms with van der Waals surface area (Å²) in [6.07, 6.45) is 1.52. The van der Waals surface area contributed by atoms with Crippen molar-refractivity contribution in [3.63, 3.8) is 0 Å². The number of fused-ring (bicyclic) bond motifs is 1. The van der Waals surface area contributed by atoms with E-state index in [-0.39, 0.29) is 17.9 Å². The lowest BCUT2D eigenvalue weighted by Crippen LogP contribution is -2.26. The lowest BCUT2D eigenvalue weighted by Gasteiger charge is -2.21. The molecule has 0 saturated heterocycles.